The fraction of sp³-hybridized carbons (Fsp3) is 0.348. The molecule has 0 unspecified atom stereocenters. The first-order valence-corrected chi connectivity index (χ1v) is 11.8. The van der Waals surface area contributed by atoms with Crippen molar-refractivity contribution in [2.75, 3.05) is 23.8 Å². The Kier molecular flexibility index (Phi) is 5.77. The van der Waals surface area contributed by atoms with E-state index in [-0.39, 0.29) is 18.4 Å². The highest BCUT2D eigenvalue weighted by molar-refractivity contribution is 7.91. The summed E-state index contributed by atoms with van der Waals surface area (Å²) in [5, 5.41) is 10.4. The molecule has 0 amide bonds. The van der Waals surface area contributed by atoms with Gasteiger partial charge in [0.05, 0.1) is 22.8 Å². The van der Waals surface area contributed by atoms with Crippen molar-refractivity contribution in [2.24, 2.45) is 5.73 Å². The molecule has 3 N–H and O–H groups in total. The van der Waals surface area contributed by atoms with Crippen molar-refractivity contribution < 1.29 is 13.5 Å². The van der Waals surface area contributed by atoms with Crippen LogP contribution in [0, 0.1) is 6.92 Å². The Hall–Kier alpha value is -2.48. The third-order valence-corrected chi connectivity index (χ3v) is 7.47. The SMILES string of the molecule is Cc1ccc2nc(N3CCS(=O)(=O)c4ccccc4C3)cc(CC[C@@H](N)CO)c2c1. The maximum absolute atomic E-state index is 12.7. The number of aryl methyl sites for hydroxylation is 2. The molecule has 1 atom stereocenters. The van der Waals surface area contributed by atoms with Gasteiger partial charge >= 0.3 is 0 Å². The molecule has 0 aliphatic carbocycles. The monoisotopic (exact) mass is 425 g/mol. The third-order valence-electron chi connectivity index (χ3n) is 5.68. The van der Waals surface area contributed by atoms with E-state index >= 15 is 0 Å². The Bertz CT molecular complexity index is 1180. The maximum atomic E-state index is 12.7. The number of sulfone groups is 1. The van der Waals surface area contributed by atoms with E-state index in [1.807, 2.05) is 42.2 Å². The minimum atomic E-state index is -3.32. The van der Waals surface area contributed by atoms with Crippen LogP contribution in [0.1, 0.15) is 23.1 Å². The Balaban J connectivity index is 1.76. The van der Waals surface area contributed by atoms with Gasteiger partial charge in [0, 0.05) is 24.5 Å². The number of aromatic nitrogens is 1. The van der Waals surface area contributed by atoms with E-state index in [1.165, 1.54) is 0 Å². The molecule has 4 rings (SSSR count). The largest absolute Gasteiger partial charge is 0.395 e. The molecular weight excluding hydrogens is 398 g/mol. The Labute approximate surface area is 177 Å². The van der Waals surface area contributed by atoms with Crippen LogP contribution in [-0.2, 0) is 22.8 Å². The quantitative estimate of drug-likeness (QED) is 0.652. The lowest BCUT2D eigenvalue weighted by Gasteiger charge is -2.23. The molecule has 3 aromatic rings. The second kappa shape index (κ2) is 8.34. The number of aliphatic hydroxyl groups is 1. The van der Waals surface area contributed by atoms with Crippen LogP contribution < -0.4 is 10.6 Å². The van der Waals surface area contributed by atoms with E-state index < -0.39 is 9.84 Å². The summed E-state index contributed by atoms with van der Waals surface area (Å²) in [6, 6.07) is 15.1. The lowest BCUT2D eigenvalue weighted by Crippen LogP contribution is -2.27. The van der Waals surface area contributed by atoms with Crippen LogP contribution in [0.15, 0.2) is 53.4 Å². The lowest BCUT2D eigenvalue weighted by molar-refractivity contribution is 0.260. The van der Waals surface area contributed by atoms with E-state index in [1.54, 1.807) is 12.1 Å². The van der Waals surface area contributed by atoms with Crippen molar-refractivity contribution in [1.29, 1.82) is 0 Å². The molecule has 0 spiro atoms. The molecule has 7 heteroatoms. The van der Waals surface area contributed by atoms with Crippen molar-refractivity contribution in [3.05, 3.63) is 65.2 Å². The third kappa shape index (κ3) is 4.19. The van der Waals surface area contributed by atoms with Crippen molar-refractivity contribution in [1.82, 2.24) is 4.98 Å². The van der Waals surface area contributed by atoms with Crippen LogP contribution in [0.3, 0.4) is 0 Å². The Morgan fingerprint density at radius 3 is 2.80 bits per heavy atom. The minimum absolute atomic E-state index is 0.0460. The number of anilines is 1. The second-order valence-electron chi connectivity index (χ2n) is 7.99. The summed E-state index contributed by atoms with van der Waals surface area (Å²) in [5.41, 5.74) is 9.88. The summed E-state index contributed by atoms with van der Waals surface area (Å²) >= 11 is 0. The normalized spacial score (nSPS) is 16.8. The van der Waals surface area contributed by atoms with Crippen LogP contribution in [-0.4, -0.2) is 43.5 Å². The van der Waals surface area contributed by atoms with E-state index in [2.05, 4.69) is 6.07 Å². The Morgan fingerprint density at radius 1 is 1.20 bits per heavy atom. The summed E-state index contributed by atoms with van der Waals surface area (Å²) in [6.45, 7) is 2.88. The molecule has 0 radical (unpaired) electrons. The first-order valence-electron chi connectivity index (χ1n) is 10.2. The number of rotatable bonds is 5. The Morgan fingerprint density at radius 2 is 2.00 bits per heavy atom. The topological polar surface area (TPSA) is 96.5 Å². The summed E-state index contributed by atoms with van der Waals surface area (Å²) in [4.78, 5) is 7.32. The van der Waals surface area contributed by atoms with Gasteiger partial charge in [-0.3, -0.25) is 0 Å². The lowest BCUT2D eigenvalue weighted by atomic mass is 10.00. The average molecular weight is 426 g/mol. The van der Waals surface area contributed by atoms with Gasteiger partial charge in [-0.05, 0) is 55.2 Å². The van der Waals surface area contributed by atoms with Gasteiger partial charge in [0.25, 0.3) is 0 Å². The van der Waals surface area contributed by atoms with Crippen LogP contribution in [0.25, 0.3) is 10.9 Å². The second-order valence-corrected chi connectivity index (χ2v) is 10.1. The smallest absolute Gasteiger partial charge is 0.180 e. The van der Waals surface area contributed by atoms with Crippen molar-refractivity contribution in [2.45, 2.75) is 37.2 Å². The highest BCUT2D eigenvalue weighted by Gasteiger charge is 2.26. The van der Waals surface area contributed by atoms with Gasteiger partial charge in [-0.1, -0.05) is 29.8 Å². The molecule has 158 valence electrons. The van der Waals surface area contributed by atoms with E-state index in [0.29, 0.717) is 24.4 Å². The molecule has 0 saturated carbocycles. The number of pyridine rings is 1. The number of nitrogens with two attached hydrogens (primary N) is 1. The van der Waals surface area contributed by atoms with Crippen LogP contribution in [0.4, 0.5) is 5.82 Å². The number of fused-ring (bicyclic) bond motifs is 2. The van der Waals surface area contributed by atoms with Gasteiger partial charge in [-0.15, -0.1) is 0 Å². The maximum Gasteiger partial charge on any atom is 0.180 e. The van der Waals surface area contributed by atoms with E-state index in [0.717, 1.165) is 39.8 Å². The van der Waals surface area contributed by atoms with Crippen molar-refractivity contribution >= 4 is 26.6 Å². The molecule has 0 fully saturated rings. The van der Waals surface area contributed by atoms with Crippen molar-refractivity contribution in [3.8, 4) is 0 Å². The summed E-state index contributed by atoms with van der Waals surface area (Å²) < 4.78 is 25.4. The van der Waals surface area contributed by atoms with Crippen LogP contribution >= 0.6 is 0 Å². The first-order chi connectivity index (χ1) is 14.4. The first kappa shape index (κ1) is 20.8. The molecule has 30 heavy (non-hydrogen) atoms. The zero-order valence-corrected chi connectivity index (χ0v) is 17.9. The zero-order chi connectivity index (χ0) is 21.3. The molecule has 0 bridgehead atoms. The molecule has 1 aromatic heterocycles. The number of hydrogen-bond acceptors (Lipinski definition) is 6. The molecule has 1 aliphatic heterocycles. The fourth-order valence-electron chi connectivity index (χ4n) is 3.95. The van der Waals surface area contributed by atoms with Gasteiger partial charge in [-0.2, -0.15) is 0 Å². The highest BCUT2D eigenvalue weighted by atomic mass is 32.2. The van der Waals surface area contributed by atoms with Gasteiger partial charge in [0.15, 0.2) is 9.84 Å². The summed E-state index contributed by atoms with van der Waals surface area (Å²) in [5.74, 6) is 0.827. The average Bonchev–Trinajstić information content (AvgIpc) is 2.88. The van der Waals surface area contributed by atoms with Gasteiger partial charge in [-0.25, -0.2) is 13.4 Å². The molecule has 6 nitrogen and oxygen atoms in total. The number of benzene rings is 2. The molecule has 2 heterocycles. The van der Waals surface area contributed by atoms with Gasteiger partial charge < -0.3 is 15.7 Å². The zero-order valence-electron chi connectivity index (χ0n) is 17.1. The molecule has 2 aromatic carbocycles. The number of aliphatic hydroxyl groups excluding tert-OH is 1. The van der Waals surface area contributed by atoms with E-state index in [4.69, 9.17) is 10.7 Å². The fourth-order valence-corrected chi connectivity index (χ4v) is 5.45. The number of hydrogen-bond donors (Lipinski definition) is 2. The van der Waals surface area contributed by atoms with Gasteiger partial charge in [0.1, 0.15) is 5.82 Å². The van der Waals surface area contributed by atoms with E-state index in [9.17, 15) is 13.5 Å². The molecular formula is C23H27N3O3S. The predicted molar refractivity (Wildman–Crippen MR) is 119 cm³/mol. The minimum Gasteiger partial charge on any atom is -0.395 e. The molecule has 0 saturated heterocycles. The summed E-state index contributed by atoms with van der Waals surface area (Å²) in [6.07, 6.45) is 1.39. The highest BCUT2D eigenvalue weighted by Crippen LogP contribution is 2.29. The number of nitrogens with zero attached hydrogens (tertiary/aromatic N) is 2. The van der Waals surface area contributed by atoms with Crippen molar-refractivity contribution in [3.63, 3.8) is 0 Å². The standard InChI is InChI=1S/C23H27N3O3S/c1-16-6-9-21-20(12-16)17(7-8-19(24)15-27)13-23(25-21)26-10-11-30(28,29)22-5-3-2-4-18(22)14-26/h2-6,9,12-13,19,27H,7-8,10-11,14-15,24H2,1H3/t19-/m1/s1. The summed E-state index contributed by atoms with van der Waals surface area (Å²) in [7, 11) is -3.32. The van der Waals surface area contributed by atoms with Gasteiger partial charge in [0.2, 0.25) is 0 Å². The van der Waals surface area contributed by atoms with Crippen LogP contribution in [0.2, 0.25) is 0 Å². The molecule has 1 aliphatic rings. The predicted octanol–water partition coefficient (Wildman–Crippen LogP) is 2.59. The van der Waals surface area contributed by atoms with Crippen LogP contribution in [0.5, 0.6) is 0 Å².